The molecule has 54 heavy (non-hydrogen) atoms. The van der Waals surface area contributed by atoms with Gasteiger partial charge in [0.15, 0.2) is 0 Å². The largest absolute Gasteiger partial charge is 0.490 e. The average Bonchev–Trinajstić information content (AvgIpc) is 3.21. The van der Waals surface area contributed by atoms with Gasteiger partial charge >= 0.3 is 11.9 Å². The van der Waals surface area contributed by atoms with E-state index < -0.39 is 24.1 Å². The summed E-state index contributed by atoms with van der Waals surface area (Å²) in [7, 11) is 0. The van der Waals surface area contributed by atoms with Crippen molar-refractivity contribution in [1.29, 1.82) is 0 Å². The van der Waals surface area contributed by atoms with Crippen molar-refractivity contribution in [2.75, 3.05) is 13.2 Å². The third-order valence-electron chi connectivity index (χ3n) is 8.57. The first kappa shape index (κ1) is 38.0. The number of esters is 2. The van der Waals surface area contributed by atoms with Crippen LogP contribution in [0.15, 0.2) is 146 Å². The van der Waals surface area contributed by atoms with Crippen molar-refractivity contribution in [3.05, 3.63) is 167 Å². The average molecular weight is 762 g/mol. The minimum absolute atomic E-state index is 0.0223. The zero-order chi connectivity index (χ0) is 37.5. The van der Waals surface area contributed by atoms with Crippen molar-refractivity contribution < 1.29 is 28.5 Å². The van der Waals surface area contributed by atoms with Gasteiger partial charge in [-0.05, 0) is 120 Å². The van der Waals surface area contributed by atoms with Crippen molar-refractivity contribution in [2.24, 2.45) is 0 Å². The SMILES string of the molecule is O=C(O[C@H](CCc1cccnc1)COc1ccc(-c2cccc(Cl)c2)cc1)C(=O)O[C@H](CCc1cccnc1)COc1ccc(-c2cccc(Cl)c2)cc1. The van der Waals surface area contributed by atoms with Crippen molar-refractivity contribution >= 4 is 35.1 Å². The smallest absolute Gasteiger partial charge is 0.417 e. The van der Waals surface area contributed by atoms with E-state index in [9.17, 15) is 9.59 Å². The molecule has 0 amide bonds. The molecule has 8 nitrogen and oxygen atoms in total. The third kappa shape index (κ3) is 11.7. The Bertz CT molecular complexity index is 1950. The lowest BCUT2D eigenvalue weighted by Gasteiger charge is -2.21. The summed E-state index contributed by atoms with van der Waals surface area (Å²) in [4.78, 5) is 34.8. The van der Waals surface area contributed by atoms with Gasteiger partial charge < -0.3 is 18.9 Å². The van der Waals surface area contributed by atoms with Crippen LogP contribution >= 0.6 is 23.2 Å². The van der Waals surface area contributed by atoms with Crippen LogP contribution in [-0.4, -0.2) is 47.3 Å². The first-order valence-corrected chi connectivity index (χ1v) is 18.3. The summed E-state index contributed by atoms with van der Waals surface area (Å²) >= 11 is 12.3. The molecule has 0 radical (unpaired) electrons. The molecule has 2 aromatic heterocycles. The predicted molar refractivity (Wildman–Crippen MR) is 210 cm³/mol. The fourth-order valence-electron chi connectivity index (χ4n) is 5.70. The molecule has 0 unspecified atom stereocenters. The van der Waals surface area contributed by atoms with Crippen LogP contribution < -0.4 is 9.47 Å². The summed E-state index contributed by atoms with van der Waals surface area (Å²) in [5.41, 5.74) is 5.83. The van der Waals surface area contributed by atoms with Gasteiger partial charge in [0, 0.05) is 34.8 Å². The van der Waals surface area contributed by atoms with Gasteiger partial charge in [-0.25, -0.2) is 9.59 Å². The van der Waals surface area contributed by atoms with Crippen LogP contribution in [0.1, 0.15) is 24.0 Å². The number of ether oxygens (including phenoxy) is 4. The van der Waals surface area contributed by atoms with Gasteiger partial charge in [-0.15, -0.1) is 0 Å². The molecule has 0 bridgehead atoms. The lowest BCUT2D eigenvalue weighted by molar-refractivity contribution is -0.176. The Balaban J connectivity index is 1.09. The summed E-state index contributed by atoms with van der Waals surface area (Å²) in [5.74, 6) is -1.05. The number of carbonyl (C=O) groups excluding carboxylic acids is 2. The molecule has 0 fully saturated rings. The molecule has 6 rings (SSSR count). The van der Waals surface area contributed by atoms with Crippen LogP contribution in [-0.2, 0) is 31.9 Å². The second-order valence-corrected chi connectivity index (χ2v) is 13.4. The maximum atomic E-state index is 13.2. The minimum Gasteiger partial charge on any atom is -0.490 e. The lowest BCUT2D eigenvalue weighted by Crippen LogP contribution is -2.34. The van der Waals surface area contributed by atoms with Crippen LogP contribution in [0.3, 0.4) is 0 Å². The van der Waals surface area contributed by atoms with E-state index in [1.54, 1.807) is 24.8 Å². The first-order valence-electron chi connectivity index (χ1n) is 17.5. The van der Waals surface area contributed by atoms with Crippen molar-refractivity contribution in [3.8, 4) is 33.8 Å². The Morgan fingerprint density at radius 1 is 0.519 bits per heavy atom. The number of rotatable bonds is 16. The number of nitrogens with zero attached hydrogens (tertiary/aromatic N) is 2. The molecule has 0 saturated heterocycles. The number of aromatic nitrogens is 2. The van der Waals surface area contributed by atoms with E-state index in [4.69, 9.17) is 42.1 Å². The molecule has 0 saturated carbocycles. The molecule has 0 spiro atoms. The van der Waals surface area contributed by atoms with Crippen molar-refractivity contribution in [3.63, 3.8) is 0 Å². The Labute approximate surface area is 324 Å². The lowest BCUT2D eigenvalue weighted by atomic mass is 10.1. The normalized spacial score (nSPS) is 12.0. The third-order valence-corrected chi connectivity index (χ3v) is 9.04. The maximum absolute atomic E-state index is 13.2. The van der Waals surface area contributed by atoms with E-state index in [1.165, 1.54) is 0 Å². The Morgan fingerprint density at radius 3 is 1.31 bits per heavy atom. The molecule has 6 aromatic rings. The van der Waals surface area contributed by atoms with Crippen LogP contribution in [0, 0.1) is 0 Å². The van der Waals surface area contributed by atoms with E-state index in [0.29, 0.717) is 47.2 Å². The summed E-state index contributed by atoms with van der Waals surface area (Å²) < 4.78 is 23.5. The number of benzene rings is 4. The Hall–Kier alpha value is -5.70. The van der Waals surface area contributed by atoms with E-state index in [2.05, 4.69) is 9.97 Å². The molecule has 0 aliphatic carbocycles. The number of halogens is 2. The van der Waals surface area contributed by atoms with Crippen LogP contribution in [0.4, 0.5) is 0 Å². The molecule has 2 heterocycles. The summed E-state index contributed by atoms with van der Waals surface area (Å²) in [6.45, 7) is 0.0447. The van der Waals surface area contributed by atoms with E-state index >= 15 is 0 Å². The second kappa shape index (κ2) is 19.4. The van der Waals surface area contributed by atoms with Crippen LogP contribution in [0.5, 0.6) is 11.5 Å². The fraction of sp³-hybridized carbons (Fsp3) is 0.182. The first-order chi connectivity index (χ1) is 26.4. The van der Waals surface area contributed by atoms with Gasteiger partial charge in [-0.2, -0.15) is 0 Å². The van der Waals surface area contributed by atoms with Gasteiger partial charge in [-0.3, -0.25) is 9.97 Å². The fourth-order valence-corrected chi connectivity index (χ4v) is 6.08. The Morgan fingerprint density at radius 2 is 0.944 bits per heavy atom. The molecule has 0 aliphatic rings. The number of hydrogen-bond donors (Lipinski definition) is 0. The molecular weight excluding hydrogens is 723 g/mol. The second-order valence-electron chi connectivity index (χ2n) is 12.5. The molecule has 10 heteroatoms. The quantitative estimate of drug-likeness (QED) is 0.0711. The van der Waals surface area contributed by atoms with Gasteiger partial charge in [0.05, 0.1) is 0 Å². The number of pyridine rings is 2. The number of carbonyl (C=O) groups is 2. The molecular formula is C44H38Cl2N2O6. The topological polar surface area (TPSA) is 96.8 Å². The zero-order valence-electron chi connectivity index (χ0n) is 29.4. The monoisotopic (exact) mass is 760 g/mol. The van der Waals surface area contributed by atoms with Crippen molar-refractivity contribution in [2.45, 2.75) is 37.9 Å². The van der Waals surface area contributed by atoms with Gasteiger partial charge in [0.1, 0.15) is 36.9 Å². The van der Waals surface area contributed by atoms with Gasteiger partial charge in [-0.1, -0.05) is 83.9 Å². The van der Waals surface area contributed by atoms with Gasteiger partial charge in [0.2, 0.25) is 0 Å². The molecule has 0 N–H and O–H groups in total. The summed E-state index contributed by atoms with van der Waals surface area (Å²) in [6, 6.07) is 37.8. The summed E-state index contributed by atoms with van der Waals surface area (Å²) in [6.07, 6.45) is 7.27. The van der Waals surface area contributed by atoms with Crippen molar-refractivity contribution in [1.82, 2.24) is 9.97 Å². The number of hydrogen-bond acceptors (Lipinski definition) is 8. The highest BCUT2D eigenvalue weighted by Crippen LogP contribution is 2.27. The highest BCUT2D eigenvalue weighted by Gasteiger charge is 2.27. The molecule has 274 valence electrons. The standard InChI is InChI=1S/C44H38Cl2N2O6/c45-37-9-1-7-35(25-37)33-13-19-39(20-14-33)51-29-41(17-11-31-5-3-23-47-27-31)53-43(49)44(50)54-42(18-12-32-6-4-24-48-28-32)30-52-40-21-15-34(16-22-40)36-8-2-10-38(46)26-36/h1-10,13-16,19-28,41-42H,11-12,17-18,29-30H2/t41-,42-/m1/s1. The Kier molecular flexibility index (Phi) is 13.7. The summed E-state index contributed by atoms with van der Waals surface area (Å²) in [5, 5.41) is 1.30. The highest BCUT2D eigenvalue weighted by molar-refractivity contribution is 6.31. The molecule has 4 aromatic carbocycles. The van der Waals surface area contributed by atoms with E-state index in [0.717, 1.165) is 33.4 Å². The predicted octanol–water partition coefficient (Wildman–Crippen LogP) is 9.66. The maximum Gasteiger partial charge on any atom is 0.417 e. The highest BCUT2D eigenvalue weighted by atomic mass is 35.5. The zero-order valence-corrected chi connectivity index (χ0v) is 30.9. The van der Waals surface area contributed by atoms with Crippen LogP contribution in [0.25, 0.3) is 22.3 Å². The molecule has 2 atom stereocenters. The molecule has 0 aliphatic heterocycles. The minimum atomic E-state index is -1.11. The van der Waals surface area contributed by atoms with E-state index in [1.807, 2.05) is 121 Å². The number of aryl methyl sites for hydroxylation is 2. The van der Waals surface area contributed by atoms with Gasteiger partial charge in [0.25, 0.3) is 0 Å². The van der Waals surface area contributed by atoms with E-state index in [-0.39, 0.29) is 13.2 Å². The van der Waals surface area contributed by atoms with Crippen LogP contribution in [0.2, 0.25) is 10.0 Å².